The summed E-state index contributed by atoms with van der Waals surface area (Å²) >= 11 is 0. The van der Waals surface area contributed by atoms with Crippen molar-refractivity contribution in [2.24, 2.45) is 0 Å². The molecule has 1 rings (SSSR count). The molecule has 0 radical (unpaired) electrons. The normalized spacial score (nSPS) is 10.4. The first-order chi connectivity index (χ1) is 7.51. The van der Waals surface area contributed by atoms with Crippen molar-refractivity contribution in [3.05, 3.63) is 29.8 Å². The standard InChI is InChI=1S/C13H20O.C2H6/c1-5-6-11-7-9-12(10-8-11)14-13(2,3)4;1-2/h7-10H,5-6H2,1-4H3;1-2H3. The monoisotopic (exact) mass is 222 g/mol. The minimum absolute atomic E-state index is 0.105. The molecule has 0 fully saturated rings. The molecule has 0 atom stereocenters. The molecule has 0 N–H and O–H groups in total. The van der Waals surface area contributed by atoms with Crippen molar-refractivity contribution < 1.29 is 4.74 Å². The van der Waals surface area contributed by atoms with Gasteiger partial charge in [-0.05, 0) is 44.9 Å². The highest BCUT2D eigenvalue weighted by Gasteiger charge is 2.10. The number of rotatable bonds is 3. The van der Waals surface area contributed by atoms with Gasteiger partial charge in [0, 0.05) is 0 Å². The largest absolute Gasteiger partial charge is 0.488 e. The van der Waals surface area contributed by atoms with Crippen LogP contribution in [0.25, 0.3) is 0 Å². The molecule has 0 unspecified atom stereocenters. The molecule has 1 aromatic rings. The Bertz CT molecular complexity index is 266. The second kappa shape index (κ2) is 7.32. The third kappa shape index (κ3) is 6.49. The Morgan fingerprint density at radius 1 is 1.00 bits per heavy atom. The van der Waals surface area contributed by atoms with Gasteiger partial charge in [0.15, 0.2) is 0 Å². The number of benzene rings is 1. The van der Waals surface area contributed by atoms with Crippen molar-refractivity contribution in [3.8, 4) is 5.75 Å². The first-order valence-corrected chi connectivity index (χ1v) is 6.29. The minimum Gasteiger partial charge on any atom is -0.488 e. The number of hydrogen-bond acceptors (Lipinski definition) is 1. The SMILES string of the molecule is CC.CCCc1ccc(OC(C)(C)C)cc1. The van der Waals surface area contributed by atoms with E-state index in [0.29, 0.717) is 0 Å². The van der Waals surface area contributed by atoms with Gasteiger partial charge in [-0.2, -0.15) is 0 Å². The second-order valence-electron chi connectivity index (χ2n) is 4.61. The predicted molar refractivity (Wildman–Crippen MR) is 72.2 cm³/mol. The van der Waals surface area contributed by atoms with Crippen molar-refractivity contribution in [1.82, 2.24) is 0 Å². The number of ether oxygens (including phenoxy) is 1. The van der Waals surface area contributed by atoms with Crippen molar-refractivity contribution in [2.75, 3.05) is 0 Å². The molecule has 0 saturated heterocycles. The highest BCUT2D eigenvalue weighted by Crippen LogP contribution is 2.18. The van der Waals surface area contributed by atoms with Gasteiger partial charge in [-0.25, -0.2) is 0 Å². The van der Waals surface area contributed by atoms with Crippen LogP contribution < -0.4 is 4.74 Å². The van der Waals surface area contributed by atoms with E-state index >= 15 is 0 Å². The summed E-state index contributed by atoms with van der Waals surface area (Å²) < 4.78 is 5.73. The molecular formula is C15H26O. The van der Waals surface area contributed by atoms with Gasteiger partial charge < -0.3 is 4.74 Å². The van der Waals surface area contributed by atoms with Crippen LogP contribution in [0.15, 0.2) is 24.3 Å². The van der Waals surface area contributed by atoms with Crippen LogP contribution in [-0.2, 0) is 6.42 Å². The van der Waals surface area contributed by atoms with Crippen molar-refractivity contribution in [2.45, 2.75) is 60.0 Å². The van der Waals surface area contributed by atoms with Gasteiger partial charge in [-0.3, -0.25) is 0 Å². The second-order valence-corrected chi connectivity index (χ2v) is 4.61. The molecule has 92 valence electrons. The summed E-state index contributed by atoms with van der Waals surface area (Å²) in [4.78, 5) is 0. The molecule has 0 aromatic heterocycles. The highest BCUT2D eigenvalue weighted by molar-refractivity contribution is 5.27. The Balaban J connectivity index is 0.00000106. The molecule has 1 heteroatoms. The predicted octanol–water partition coefficient (Wildman–Crippen LogP) is 4.84. The van der Waals surface area contributed by atoms with Gasteiger partial charge >= 0.3 is 0 Å². The Morgan fingerprint density at radius 2 is 1.50 bits per heavy atom. The zero-order valence-corrected chi connectivity index (χ0v) is 11.6. The van der Waals surface area contributed by atoms with E-state index in [2.05, 4.69) is 52.0 Å². The maximum absolute atomic E-state index is 5.73. The lowest BCUT2D eigenvalue weighted by Gasteiger charge is -2.21. The molecule has 0 saturated carbocycles. The fourth-order valence-corrected chi connectivity index (χ4v) is 1.37. The summed E-state index contributed by atoms with van der Waals surface area (Å²) in [5.74, 6) is 0.956. The van der Waals surface area contributed by atoms with Gasteiger partial charge in [0.05, 0.1) is 0 Å². The third-order valence-corrected chi connectivity index (χ3v) is 1.89. The summed E-state index contributed by atoms with van der Waals surface area (Å²) in [6, 6.07) is 8.39. The summed E-state index contributed by atoms with van der Waals surface area (Å²) in [6.07, 6.45) is 2.34. The van der Waals surface area contributed by atoms with Crippen LogP contribution >= 0.6 is 0 Å². The van der Waals surface area contributed by atoms with Gasteiger partial charge in [0.2, 0.25) is 0 Å². The van der Waals surface area contributed by atoms with Gasteiger partial charge in [0.1, 0.15) is 11.4 Å². The van der Waals surface area contributed by atoms with Crippen molar-refractivity contribution in [3.63, 3.8) is 0 Å². The van der Waals surface area contributed by atoms with Crippen LogP contribution in [0.5, 0.6) is 5.75 Å². The van der Waals surface area contributed by atoms with Gasteiger partial charge in [-0.15, -0.1) is 0 Å². The molecule has 0 amide bonds. The lowest BCUT2D eigenvalue weighted by Crippen LogP contribution is -2.22. The van der Waals surface area contributed by atoms with E-state index in [4.69, 9.17) is 4.74 Å². The van der Waals surface area contributed by atoms with Crippen LogP contribution in [0.2, 0.25) is 0 Å². The molecule has 0 aliphatic rings. The molecule has 0 spiro atoms. The van der Waals surface area contributed by atoms with E-state index < -0.39 is 0 Å². The summed E-state index contributed by atoms with van der Waals surface area (Å²) in [6.45, 7) is 12.4. The third-order valence-electron chi connectivity index (χ3n) is 1.89. The average molecular weight is 222 g/mol. The van der Waals surface area contributed by atoms with Crippen molar-refractivity contribution in [1.29, 1.82) is 0 Å². The van der Waals surface area contributed by atoms with E-state index in [1.807, 2.05) is 13.8 Å². The molecule has 0 aliphatic carbocycles. The Labute approximate surface area is 101 Å². The molecule has 16 heavy (non-hydrogen) atoms. The van der Waals surface area contributed by atoms with E-state index in [9.17, 15) is 0 Å². The quantitative estimate of drug-likeness (QED) is 0.711. The van der Waals surface area contributed by atoms with E-state index in [-0.39, 0.29) is 5.60 Å². The average Bonchev–Trinajstić information content (AvgIpc) is 2.22. The van der Waals surface area contributed by atoms with E-state index in [1.165, 1.54) is 12.0 Å². The van der Waals surface area contributed by atoms with E-state index in [0.717, 1.165) is 12.2 Å². The topological polar surface area (TPSA) is 9.23 Å². The Hall–Kier alpha value is -0.980. The lowest BCUT2D eigenvalue weighted by molar-refractivity contribution is 0.131. The molecule has 1 aromatic carbocycles. The van der Waals surface area contributed by atoms with Crippen molar-refractivity contribution >= 4 is 0 Å². The van der Waals surface area contributed by atoms with Crippen LogP contribution in [0.4, 0.5) is 0 Å². The molecular weight excluding hydrogens is 196 g/mol. The van der Waals surface area contributed by atoms with Crippen LogP contribution in [-0.4, -0.2) is 5.60 Å². The van der Waals surface area contributed by atoms with Crippen LogP contribution in [0.3, 0.4) is 0 Å². The molecule has 0 aliphatic heterocycles. The smallest absolute Gasteiger partial charge is 0.120 e. The Kier molecular flexibility index (Phi) is 6.87. The number of aryl methyl sites for hydroxylation is 1. The zero-order chi connectivity index (χ0) is 12.6. The van der Waals surface area contributed by atoms with E-state index in [1.54, 1.807) is 0 Å². The Morgan fingerprint density at radius 3 is 1.88 bits per heavy atom. The zero-order valence-electron chi connectivity index (χ0n) is 11.6. The summed E-state index contributed by atoms with van der Waals surface area (Å²) in [5.41, 5.74) is 1.28. The minimum atomic E-state index is -0.105. The lowest BCUT2D eigenvalue weighted by atomic mass is 10.1. The molecule has 0 heterocycles. The number of hydrogen-bond donors (Lipinski definition) is 0. The first-order valence-electron chi connectivity index (χ1n) is 6.29. The maximum atomic E-state index is 5.73. The maximum Gasteiger partial charge on any atom is 0.120 e. The summed E-state index contributed by atoms with van der Waals surface area (Å²) in [7, 11) is 0. The van der Waals surface area contributed by atoms with Gasteiger partial charge in [-0.1, -0.05) is 39.3 Å². The molecule has 1 nitrogen and oxygen atoms in total. The van der Waals surface area contributed by atoms with Crippen LogP contribution in [0.1, 0.15) is 53.5 Å². The fourth-order valence-electron chi connectivity index (χ4n) is 1.37. The fraction of sp³-hybridized carbons (Fsp3) is 0.600. The highest BCUT2D eigenvalue weighted by atomic mass is 16.5. The van der Waals surface area contributed by atoms with Gasteiger partial charge in [0.25, 0.3) is 0 Å². The summed E-state index contributed by atoms with van der Waals surface area (Å²) in [5, 5.41) is 0. The molecule has 0 bridgehead atoms. The van der Waals surface area contributed by atoms with Crippen LogP contribution in [0, 0.1) is 0 Å². The first kappa shape index (κ1) is 15.0.